The quantitative estimate of drug-likeness (QED) is 0.559. The lowest BCUT2D eigenvalue weighted by atomic mass is 9.87. The van der Waals surface area contributed by atoms with Crippen LogP contribution in [0.5, 0.6) is 0 Å². The van der Waals surface area contributed by atoms with Crippen molar-refractivity contribution in [3.8, 4) is 22.6 Å². The van der Waals surface area contributed by atoms with Gasteiger partial charge in [0, 0.05) is 30.1 Å². The van der Waals surface area contributed by atoms with E-state index < -0.39 is 0 Å². The summed E-state index contributed by atoms with van der Waals surface area (Å²) in [6.07, 6.45) is 6.82. The van der Waals surface area contributed by atoms with Gasteiger partial charge in [-0.1, -0.05) is 43.3 Å². The molecule has 0 aliphatic rings. The molecule has 8 heteroatoms. The number of aromatic nitrogens is 6. The van der Waals surface area contributed by atoms with Crippen molar-refractivity contribution in [2.75, 3.05) is 5.73 Å². The van der Waals surface area contributed by atoms with Gasteiger partial charge >= 0.3 is 0 Å². The van der Waals surface area contributed by atoms with Crippen molar-refractivity contribution in [1.82, 2.24) is 30.3 Å². The summed E-state index contributed by atoms with van der Waals surface area (Å²) in [5.74, 6) is 1.70. The van der Waals surface area contributed by atoms with Crippen LogP contribution in [0, 0.1) is 5.92 Å². The van der Waals surface area contributed by atoms with Crippen LogP contribution >= 0.6 is 0 Å². The van der Waals surface area contributed by atoms with E-state index >= 15 is 0 Å². The van der Waals surface area contributed by atoms with E-state index in [1.165, 1.54) is 0 Å². The Labute approximate surface area is 155 Å². The Morgan fingerprint density at radius 3 is 2.33 bits per heavy atom. The molecule has 0 saturated heterocycles. The minimum atomic E-state index is 0.0196. The second-order valence-corrected chi connectivity index (χ2v) is 6.62. The molecule has 0 radical (unpaired) electrons. The zero-order chi connectivity index (χ0) is 18.8. The van der Waals surface area contributed by atoms with Crippen LogP contribution in [0.3, 0.4) is 0 Å². The molecular formula is C19H19N7O. The lowest BCUT2D eigenvalue weighted by molar-refractivity contribution is 0.409. The van der Waals surface area contributed by atoms with Gasteiger partial charge in [0.15, 0.2) is 5.82 Å². The molecule has 0 aliphatic carbocycles. The summed E-state index contributed by atoms with van der Waals surface area (Å²) in [4.78, 5) is 12.7. The van der Waals surface area contributed by atoms with Crippen molar-refractivity contribution in [3.05, 3.63) is 60.4 Å². The van der Waals surface area contributed by atoms with Gasteiger partial charge in [0.05, 0.1) is 11.8 Å². The van der Waals surface area contributed by atoms with Crippen molar-refractivity contribution in [3.63, 3.8) is 0 Å². The number of aromatic amines is 1. The highest BCUT2D eigenvalue weighted by Gasteiger charge is 2.24. The van der Waals surface area contributed by atoms with Crippen molar-refractivity contribution >= 4 is 5.95 Å². The number of hydrogen-bond donors (Lipinski definition) is 2. The van der Waals surface area contributed by atoms with Crippen LogP contribution in [0.2, 0.25) is 0 Å². The fourth-order valence-electron chi connectivity index (χ4n) is 3.05. The zero-order valence-electron chi connectivity index (χ0n) is 15.0. The fraction of sp³-hybridized carbons (Fsp3) is 0.211. The van der Waals surface area contributed by atoms with E-state index in [9.17, 15) is 0 Å². The molecule has 27 heavy (non-hydrogen) atoms. The molecule has 4 rings (SSSR count). The van der Waals surface area contributed by atoms with Gasteiger partial charge in [-0.05, 0) is 17.0 Å². The molecule has 0 spiro atoms. The molecule has 0 fully saturated rings. The topological polar surface area (TPSA) is 119 Å². The maximum atomic E-state index is 5.55. The Balaban J connectivity index is 1.63. The fourth-order valence-corrected chi connectivity index (χ4v) is 3.05. The van der Waals surface area contributed by atoms with E-state index in [0.717, 1.165) is 22.3 Å². The number of anilines is 1. The molecule has 0 saturated carbocycles. The highest BCUT2D eigenvalue weighted by atomic mass is 16.5. The average Bonchev–Trinajstić information content (AvgIpc) is 3.35. The van der Waals surface area contributed by atoms with Gasteiger partial charge < -0.3 is 10.3 Å². The summed E-state index contributed by atoms with van der Waals surface area (Å²) in [7, 11) is 0. The van der Waals surface area contributed by atoms with Crippen LogP contribution in [0.1, 0.15) is 31.2 Å². The van der Waals surface area contributed by atoms with E-state index in [1.807, 2.05) is 12.1 Å². The largest absolute Gasteiger partial charge is 0.368 e. The van der Waals surface area contributed by atoms with E-state index in [1.54, 1.807) is 24.8 Å². The summed E-state index contributed by atoms with van der Waals surface area (Å²) in [6, 6.07) is 8.22. The third kappa shape index (κ3) is 3.41. The van der Waals surface area contributed by atoms with Gasteiger partial charge in [0.25, 0.3) is 5.89 Å². The average molecular weight is 361 g/mol. The number of nitrogens with zero attached hydrogens (tertiary/aromatic N) is 5. The first-order valence-electron chi connectivity index (χ1n) is 8.62. The normalized spacial score (nSPS) is 12.4. The maximum absolute atomic E-state index is 5.55. The number of H-pyrrole nitrogens is 1. The Hall–Kier alpha value is -3.55. The predicted molar refractivity (Wildman–Crippen MR) is 100 cm³/mol. The molecule has 1 unspecified atom stereocenters. The molecule has 4 aromatic rings. The minimum absolute atomic E-state index is 0.0196. The summed E-state index contributed by atoms with van der Waals surface area (Å²) in [5, 5.41) is 10.9. The van der Waals surface area contributed by atoms with E-state index in [-0.39, 0.29) is 11.9 Å². The molecule has 0 bridgehead atoms. The summed E-state index contributed by atoms with van der Waals surface area (Å²) in [6.45, 7) is 4.28. The van der Waals surface area contributed by atoms with Gasteiger partial charge in [-0.15, -0.1) is 0 Å². The van der Waals surface area contributed by atoms with E-state index in [4.69, 9.17) is 10.3 Å². The van der Waals surface area contributed by atoms with Crippen LogP contribution < -0.4 is 5.73 Å². The summed E-state index contributed by atoms with van der Waals surface area (Å²) in [5.41, 5.74) is 9.38. The van der Waals surface area contributed by atoms with Gasteiger partial charge in [-0.2, -0.15) is 10.1 Å². The third-order valence-electron chi connectivity index (χ3n) is 4.41. The summed E-state index contributed by atoms with van der Waals surface area (Å²) >= 11 is 0. The van der Waals surface area contributed by atoms with Crippen LogP contribution in [0.15, 0.2) is 53.6 Å². The molecule has 1 atom stereocenters. The van der Waals surface area contributed by atoms with Crippen LogP contribution in [0.25, 0.3) is 22.6 Å². The molecule has 1 aromatic carbocycles. The number of rotatable bonds is 5. The smallest absolute Gasteiger partial charge is 0.261 e. The molecular weight excluding hydrogens is 342 g/mol. The van der Waals surface area contributed by atoms with E-state index in [2.05, 4.69) is 56.3 Å². The standard InChI is InChI=1S/C19H19N7O/c1-11(2)16(17-25-18(27-26-17)15-9-23-24-10-15)13-5-3-12(4-6-13)14-7-21-19(20)22-8-14/h3-11,16H,1-2H3,(H,23,24)(H2,20,21,22). The van der Waals surface area contributed by atoms with Gasteiger partial charge in [0.1, 0.15) is 0 Å². The monoisotopic (exact) mass is 361 g/mol. The second kappa shape index (κ2) is 6.99. The number of nitrogen functional groups attached to an aromatic ring is 1. The zero-order valence-corrected chi connectivity index (χ0v) is 15.0. The number of benzene rings is 1. The first kappa shape index (κ1) is 16.9. The van der Waals surface area contributed by atoms with Gasteiger partial charge in [-0.25, -0.2) is 9.97 Å². The highest BCUT2D eigenvalue weighted by molar-refractivity contribution is 5.62. The SMILES string of the molecule is CC(C)C(c1ccc(-c2cnc(N)nc2)cc1)c1noc(-c2cn[nH]c2)n1. The number of hydrogen-bond acceptors (Lipinski definition) is 7. The van der Waals surface area contributed by atoms with Crippen molar-refractivity contribution in [2.45, 2.75) is 19.8 Å². The minimum Gasteiger partial charge on any atom is -0.368 e. The molecule has 3 heterocycles. The van der Waals surface area contributed by atoms with Crippen LogP contribution in [0.4, 0.5) is 5.95 Å². The molecule has 3 N–H and O–H groups in total. The Morgan fingerprint density at radius 2 is 1.70 bits per heavy atom. The lowest BCUT2D eigenvalue weighted by Crippen LogP contribution is -2.10. The molecule has 136 valence electrons. The molecule has 0 aliphatic heterocycles. The Bertz CT molecular complexity index is 1010. The molecule has 3 aromatic heterocycles. The third-order valence-corrected chi connectivity index (χ3v) is 4.41. The number of nitrogens with one attached hydrogen (secondary N) is 1. The highest BCUT2D eigenvalue weighted by Crippen LogP contribution is 2.32. The van der Waals surface area contributed by atoms with Gasteiger partial charge in [-0.3, -0.25) is 5.10 Å². The van der Waals surface area contributed by atoms with Crippen molar-refractivity contribution < 1.29 is 4.52 Å². The molecule has 0 amide bonds. The molecule has 8 nitrogen and oxygen atoms in total. The maximum Gasteiger partial charge on any atom is 0.261 e. The van der Waals surface area contributed by atoms with Crippen LogP contribution in [-0.2, 0) is 0 Å². The second-order valence-electron chi connectivity index (χ2n) is 6.62. The lowest BCUT2D eigenvalue weighted by Gasteiger charge is -2.18. The van der Waals surface area contributed by atoms with Gasteiger partial charge in [0.2, 0.25) is 5.95 Å². The summed E-state index contributed by atoms with van der Waals surface area (Å²) < 4.78 is 5.42. The number of nitrogens with two attached hydrogens (primary N) is 1. The van der Waals surface area contributed by atoms with Crippen molar-refractivity contribution in [1.29, 1.82) is 0 Å². The van der Waals surface area contributed by atoms with Crippen molar-refractivity contribution in [2.24, 2.45) is 5.92 Å². The Kier molecular flexibility index (Phi) is 4.37. The predicted octanol–water partition coefficient (Wildman–Crippen LogP) is 3.29. The Morgan fingerprint density at radius 1 is 0.963 bits per heavy atom. The first-order valence-corrected chi connectivity index (χ1v) is 8.62. The first-order chi connectivity index (χ1) is 13.1. The van der Waals surface area contributed by atoms with E-state index in [0.29, 0.717) is 17.6 Å². The van der Waals surface area contributed by atoms with Crippen LogP contribution in [-0.4, -0.2) is 30.3 Å².